The summed E-state index contributed by atoms with van der Waals surface area (Å²) < 4.78 is 0. The molecule has 1 aromatic heterocycles. The summed E-state index contributed by atoms with van der Waals surface area (Å²) in [5.41, 5.74) is 2.13. The van der Waals surface area contributed by atoms with Gasteiger partial charge in [-0.15, -0.1) is 0 Å². The van der Waals surface area contributed by atoms with Crippen molar-refractivity contribution in [2.24, 2.45) is 11.8 Å². The van der Waals surface area contributed by atoms with Gasteiger partial charge in [-0.2, -0.15) is 0 Å². The van der Waals surface area contributed by atoms with Gasteiger partial charge >= 0.3 is 0 Å². The second kappa shape index (κ2) is 5.91. The molecule has 1 amide bonds. The average molecular weight is 323 g/mol. The predicted molar refractivity (Wildman–Crippen MR) is 91.9 cm³/mol. The molecule has 5 heteroatoms. The molecule has 2 aliphatic heterocycles. The summed E-state index contributed by atoms with van der Waals surface area (Å²) in [4.78, 5) is 29.9. The maximum atomic E-state index is 13.1. The molecule has 3 atom stereocenters. The Kier molecular flexibility index (Phi) is 3.73. The Hall–Kier alpha value is -2.40. The average Bonchev–Trinajstić information content (AvgIpc) is 3.14. The van der Waals surface area contributed by atoms with E-state index in [0.29, 0.717) is 23.2 Å². The van der Waals surface area contributed by atoms with Gasteiger partial charge < -0.3 is 15.2 Å². The molecule has 4 rings (SSSR count). The fraction of sp³-hybridized carbons (Fsp3) is 0.368. The highest BCUT2D eigenvalue weighted by atomic mass is 16.2. The number of hydrogen-bond donors (Lipinski definition) is 2. The molecule has 2 fully saturated rings. The van der Waals surface area contributed by atoms with Crippen LogP contribution in [-0.2, 0) is 0 Å². The van der Waals surface area contributed by atoms with Gasteiger partial charge in [0.1, 0.15) is 5.69 Å². The van der Waals surface area contributed by atoms with Crippen LogP contribution in [-0.4, -0.2) is 35.4 Å². The molecule has 0 unspecified atom stereocenters. The molecule has 0 saturated carbocycles. The molecule has 0 bridgehead atoms. The molecule has 0 aliphatic carbocycles. The first-order chi connectivity index (χ1) is 11.6. The van der Waals surface area contributed by atoms with Crippen LogP contribution in [0.25, 0.3) is 0 Å². The van der Waals surface area contributed by atoms with Crippen molar-refractivity contribution in [2.45, 2.75) is 13.0 Å². The number of nitrogens with zero attached hydrogens (tertiary/aromatic N) is 1. The normalized spacial score (nSPS) is 25.7. The number of amides is 1. The summed E-state index contributed by atoms with van der Waals surface area (Å²) in [7, 11) is 0. The van der Waals surface area contributed by atoms with Gasteiger partial charge in [0.15, 0.2) is 5.43 Å². The van der Waals surface area contributed by atoms with Crippen molar-refractivity contribution in [3.8, 4) is 0 Å². The number of hydrogen-bond acceptors (Lipinski definition) is 3. The fourth-order valence-corrected chi connectivity index (χ4v) is 4.16. The van der Waals surface area contributed by atoms with E-state index >= 15 is 0 Å². The minimum atomic E-state index is -0.132. The van der Waals surface area contributed by atoms with Gasteiger partial charge in [-0.1, -0.05) is 30.3 Å². The summed E-state index contributed by atoms with van der Waals surface area (Å²) in [6.07, 6.45) is 0. The Bertz CT molecular complexity index is 815. The molecular formula is C19H21N3O2. The van der Waals surface area contributed by atoms with Gasteiger partial charge in [0.25, 0.3) is 5.91 Å². The van der Waals surface area contributed by atoms with Gasteiger partial charge in [-0.3, -0.25) is 9.59 Å². The third kappa shape index (κ3) is 2.55. The van der Waals surface area contributed by atoms with Crippen molar-refractivity contribution < 1.29 is 4.79 Å². The molecule has 2 aliphatic rings. The largest absolute Gasteiger partial charge is 0.354 e. The number of rotatable bonds is 2. The first-order valence-corrected chi connectivity index (χ1v) is 8.41. The highest BCUT2D eigenvalue weighted by molar-refractivity contribution is 5.93. The lowest BCUT2D eigenvalue weighted by Gasteiger charge is -2.28. The Morgan fingerprint density at radius 2 is 1.96 bits per heavy atom. The molecule has 124 valence electrons. The topological polar surface area (TPSA) is 65.2 Å². The summed E-state index contributed by atoms with van der Waals surface area (Å²) in [5, 5.41) is 3.45. The number of carbonyl (C=O) groups is 1. The van der Waals surface area contributed by atoms with Crippen molar-refractivity contribution in [2.75, 3.05) is 19.6 Å². The molecule has 0 spiro atoms. The summed E-state index contributed by atoms with van der Waals surface area (Å²) >= 11 is 0. The van der Waals surface area contributed by atoms with E-state index in [2.05, 4.69) is 22.4 Å². The molecule has 3 heterocycles. The second-order valence-electron chi connectivity index (χ2n) is 6.81. The smallest absolute Gasteiger partial charge is 0.270 e. The van der Waals surface area contributed by atoms with Crippen LogP contribution in [0.5, 0.6) is 0 Å². The number of aryl methyl sites for hydroxylation is 1. The van der Waals surface area contributed by atoms with Crippen molar-refractivity contribution in [3.05, 3.63) is 69.6 Å². The lowest BCUT2D eigenvalue weighted by Crippen LogP contribution is -2.35. The Balaban J connectivity index is 1.72. The number of carbonyl (C=O) groups excluding carboxylic acids is 1. The van der Waals surface area contributed by atoms with Crippen molar-refractivity contribution in [1.29, 1.82) is 0 Å². The van der Waals surface area contributed by atoms with Gasteiger partial charge in [-0.25, -0.2) is 0 Å². The van der Waals surface area contributed by atoms with E-state index in [1.54, 1.807) is 6.92 Å². The molecule has 5 nitrogen and oxygen atoms in total. The molecular weight excluding hydrogens is 302 g/mol. The molecule has 2 saturated heterocycles. The zero-order chi connectivity index (χ0) is 16.7. The lowest BCUT2D eigenvalue weighted by atomic mass is 9.89. The number of benzene rings is 1. The number of likely N-dealkylation sites (tertiary alicyclic amines) is 1. The quantitative estimate of drug-likeness (QED) is 0.884. The lowest BCUT2D eigenvalue weighted by molar-refractivity contribution is 0.0707. The molecule has 24 heavy (non-hydrogen) atoms. The van der Waals surface area contributed by atoms with Gasteiger partial charge in [0.05, 0.1) is 6.04 Å². The van der Waals surface area contributed by atoms with Gasteiger partial charge in [0, 0.05) is 43.4 Å². The highest BCUT2D eigenvalue weighted by Crippen LogP contribution is 2.43. The minimum absolute atomic E-state index is 0.0581. The van der Waals surface area contributed by atoms with Gasteiger partial charge in [0.2, 0.25) is 0 Å². The van der Waals surface area contributed by atoms with Crippen molar-refractivity contribution in [1.82, 2.24) is 15.2 Å². The van der Waals surface area contributed by atoms with Crippen LogP contribution in [0.1, 0.15) is 27.8 Å². The molecule has 0 radical (unpaired) electrons. The van der Waals surface area contributed by atoms with E-state index in [-0.39, 0.29) is 17.4 Å². The summed E-state index contributed by atoms with van der Waals surface area (Å²) in [5.74, 6) is 0.808. The van der Waals surface area contributed by atoms with Crippen molar-refractivity contribution >= 4 is 5.91 Å². The SMILES string of the molecule is Cc1cc(=O)cc(C(=O)N2C[C@@H]3CNC[C@@H]3[C@H]2c2ccccc2)[nH]1. The first-order valence-electron chi connectivity index (χ1n) is 8.41. The first kappa shape index (κ1) is 15.1. The zero-order valence-electron chi connectivity index (χ0n) is 13.7. The van der Waals surface area contributed by atoms with E-state index < -0.39 is 0 Å². The number of aromatic nitrogens is 1. The molecule has 1 aromatic carbocycles. The van der Waals surface area contributed by atoms with Crippen LogP contribution < -0.4 is 10.7 Å². The number of pyridine rings is 1. The van der Waals surface area contributed by atoms with E-state index in [4.69, 9.17) is 0 Å². The molecule has 2 aromatic rings. The van der Waals surface area contributed by atoms with E-state index in [9.17, 15) is 9.59 Å². The fourth-order valence-electron chi connectivity index (χ4n) is 4.16. The standard InChI is InChI=1S/C19H21N3O2/c1-12-7-15(23)8-17(21-12)19(24)22-11-14-9-20-10-16(14)18(22)13-5-3-2-4-6-13/h2-8,14,16,18,20H,9-11H2,1H3,(H,21,23)/t14-,16-,18+/m0/s1. The maximum Gasteiger partial charge on any atom is 0.270 e. The van der Waals surface area contributed by atoms with E-state index in [0.717, 1.165) is 25.2 Å². The Morgan fingerprint density at radius 1 is 1.17 bits per heavy atom. The van der Waals surface area contributed by atoms with Crippen molar-refractivity contribution in [3.63, 3.8) is 0 Å². The van der Waals surface area contributed by atoms with Crippen LogP contribution in [0, 0.1) is 18.8 Å². The third-order valence-corrected chi connectivity index (χ3v) is 5.17. The number of fused-ring (bicyclic) bond motifs is 1. The second-order valence-corrected chi connectivity index (χ2v) is 6.81. The summed E-state index contributed by atoms with van der Waals surface area (Å²) in [6.45, 7) is 4.40. The maximum absolute atomic E-state index is 13.1. The zero-order valence-corrected chi connectivity index (χ0v) is 13.7. The Labute approximate surface area is 140 Å². The third-order valence-electron chi connectivity index (χ3n) is 5.17. The minimum Gasteiger partial charge on any atom is -0.354 e. The highest BCUT2D eigenvalue weighted by Gasteiger charge is 2.46. The predicted octanol–water partition coefficient (Wildman–Crippen LogP) is 1.72. The van der Waals surface area contributed by atoms with Crippen LogP contribution >= 0.6 is 0 Å². The van der Waals surface area contributed by atoms with Crippen LogP contribution in [0.2, 0.25) is 0 Å². The monoisotopic (exact) mass is 323 g/mol. The van der Waals surface area contributed by atoms with Crippen LogP contribution in [0.4, 0.5) is 0 Å². The molecule has 2 N–H and O–H groups in total. The number of nitrogens with one attached hydrogen (secondary N) is 2. The van der Waals surface area contributed by atoms with Crippen LogP contribution in [0.3, 0.4) is 0 Å². The van der Waals surface area contributed by atoms with E-state index in [1.165, 1.54) is 12.1 Å². The van der Waals surface area contributed by atoms with Crippen LogP contribution in [0.15, 0.2) is 47.3 Å². The number of H-pyrrole nitrogens is 1. The van der Waals surface area contributed by atoms with E-state index in [1.807, 2.05) is 23.1 Å². The van der Waals surface area contributed by atoms with Gasteiger partial charge in [-0.05, 0) is 18.4 Å². The summed E-state index contributed by atoms with van der Waals surface area (Å²) in [6, 6.07) is 13.2. The number of aromatic amines is 1. The Morgan fingerprint density at radius 3 is 2.71 bits per heavy atom.